The van der Waals surface area contributed by atoms with E-state index in [1.807, 2.05) is 176 Å². The number of ether oxygens (including phenoxy) is 8. The van der Waals surface area contributed by atoms with Crippen molar-refractivity contribution in [3.63, 3.8) is 0 Å². The molecule has 0 aromatic heterocycles. The third-order valence-corrected chi connectivity index (χ3v) is 14.2. The number of allylic oxidation sites excluding steroid dienone is 1. The number of carbonyl (C=O) groups excluding carboxylic acids is 1. The fourth-order valence-electron chi connectivity index (χ4n) is 10.5. The Kier molecular flexibility index (Phi) is 17.5. The van der Waals surface area contributed by atoms with E-state index in [-0.39, 0.29) is 44.0 Å². The van der Waals surface area contributed by atoms with Crippen LogP contribution in [0.2, 0.25) is 0 Å². The molecule has 374 valence electrons. The molecule has 7 aromatic carbocycles. The van der Waals surface area contributed by atoms with Crippen LogP contribution < -0.4 is 0 Å². The van der Waals surface area contributed by atoms with Crippen molar-refractivity contribution in [3.8, 4) is 0 Å². The fraction of sp³-hybridized carbons (Fsp3) is 0.297. The molecule has 3 aliphatic rings. The van der Waals surface area contributed by atoms with Gasteiger partial charge < -0.3 is 37.9 Å². The van der Waals surface area contributed by atoms with E-state index in [1.54, 1.807) is 0 Å². The monoisotopic (exact) mass is 976 g/mol. The molecular formula is C64H64O9. The summed E-state index contributed by atoms with van der Waals surface area (Å²) in [6.45, 7) is 1.94. The second kappa shape index (κ2) is 25.5. The van der Waals surface area contributed by atoms with Crippen LogP contribution in [0.15, 0.2) is 224 Å². The Labute approximate surface area is 429 Å². The molecule has 11 atom stereocenters. The van der Waals surface area contributed by atoms with Crippen LogP contribution in [0.4, 0.5) is 0 Å². The predicted molar refractivity (Wildman–Crippen MR) is 279 cm³/mol. The molecule has 2 fully saturated rings. The quantitative estimate of drug-likeness (QED) is 0.0581. The Bertz CT molecular complexity index is 2730. The number of Topliss-reactive ketones (excluding diaryl/α,β-unsaturated/α-hetero) is 1. The van der Waals surface area contributed by atoms with Crippen LogP contribution in [0.25, 0.3) is 0 Å². The zero-order valence-electron chi connectivity index (χ0n) is 41.0. The summed E-state index contributed by atoms with van der Waals surface area (Å²) in [7, 11) is 0. The van der Waals surface area contributed by atoms with E-state index in [9.17, 15) is 0 Å². The van der Waals surface area contributed by atoms with Gasteiger partial charge in [0.15, 0.2) is 12.1 Å². The van der Waals surface area contributed by atoms with Crippen LogP contribution in [-0.2, 0) is 88.9 Å². The lowest BCUT2D eigenvalue weighted by atomic mass is 9.72. The van der Waals surface area contributed by atoms with Crippen molar-refractivity contribution in [3.05, 3.63) is 263 Å². The van der Waals surface area contributed by atoms with Crippen molar-refractivity contribution in [2.45, 2.75) is 102 Å². The Balaban J connectivity index is 1.04. The highest BCUT2D eigenvalue weighted by Crippen LogP contribution is 2.49. The summed E-state index contributed by atoms with van der Waals surface area (Å²) in [4.78, 5) is 16.3. The first kappa shape index (κ1) is 50.2. The highest BCUT2D eigenvalue weighted by molar-refractivity contribution is 5.87. The minimum Gasteiger partial charge on any atom is -0.370 e. The third-order valence-electron chi connectivity index (χ3n) is 14.2. The molecule has 0 radical (unpaired) electrons. The second-order valence-electron chi connectivity index (χ2n) is 19.1. The Morgan fingerprint density at radius 2 is 0.658 bits per heavy atom. The SMILES string of the molecule is O=C([C@H]1CC=C[C@H]2[C@H](OCc3ccccc3)[C@H](OCc3ccccc3)[C@@H](OCc3ccccc3)[C@@H]21)[C@H]1O[C@H](OCc2ccccc2)[C@@H](OCc2ccccc2)[C@@H](OCc2ccccc2)[C@@H]1OCc1ccccc1. The molecule has 1 aliphatic heterocycles. The summed E-state index contributed by atoms with van der Waals surface area (Å²) >= 11 is 0. The van der Waals surface area contributed by atoms with Gasteiger partial charge in [0.05, 0.1) is 58.5 Å². The van der Waals surface area contributed by atoms with Crippen LogP contribution >= 0.6 is 0 Å². The Hall–Kier alpha value is -6.37. The van der Waals surface area contributed by atoms with Crippen LogP contribution in [0.3, 0.4) is 0 Å². The van der Waals surface area contributed by atoms with Gasteiger partial charge in [-0.15, -0.1) is 0 Å². The van der Waals surface area contributed by atoms with E-state index in [1.165, 1.54) is 0 Å². The maximum atomic E-state index is 16.3. The number of hydrogen-bond acceptors (Lipinski definition) is 9. The average Bonchev–Trinajstić information content (AvgIpc) is 3.76. The van der Waals surface area contributed by atoms with E-state index < -0.39 is 54.9 Å². The van der Waals surface area contributed by atoms with Gasteiger partial charge in [-0.25, -0.2) is 0 Å². The molecule has 9 nitrogen and oxygen atoms in total. The number of hydrogen-bond donors (Lipinski definition) is 0. The van der Waals surface area contributed by atoms with E-state index in [0.717, 1.165) is 38.9 Å². The van der Waals surface area contributed by atoms with Gasteiger partial charge >= 0.3 is 0 Å². The van der Waals surface area contributed by atoms with Gasteiger partial charge in [0.25, 0.3) is 0 Å². The minimum absolute atomic E-state index is 0.126. The summed E-state index contributed by atoms with van der Waals surface area (Å²) in [6.07, 6.45) is -1.44. The molecule has 0 spiro atoms. The minimum atomic E-state index is -1.14. The lowest BCUT2D eigenvalue weighted by molar-refractivity contribution is -0.320. The third kappa shape index (κ3) is 13.1. The van der Waals surface area contributed by atoms with Crippen LogP contribution in [0.5, 0.6) is 0 Å². The summed E-state index contributed by atoms with van der Waals surface area (Å²) in [5, 5.41) is 0. The molecule has 0 amide bonds. The largest absolute Gasteiger partial charge is 0.370 e. The van der Waals surface area contributed by atoms with Crippen molar-refractivity contribution >= 4 is 5.78 Å². The van der Waals surface area contributed by atoms with Gasteiger partial charge in [-0.3, -0.25) is 4.79 Å². The molecule has 1 heterocycles. The number of rotatable bonds is 23. The molecule has 73 heavy (non-hydrogen) atoms. The molecule has 10 rings (SSSR count). The Morgan fingerprint density at radius 3 is 1.04 bits per heavy atom. The van der Waals surface area contributed by atoms with Gasteiger partial charge in [0.1, 0.15) is 30.5 Å². The molecular weight excluding hydrogens is 913 g/mol. The average molecular weight is 977 g/mol. The topological polar surface area (TPSA) is 90.9 Å². The molecule has 9 heteroatoms. The summed E-state index contributed by atoms with van der Waals surface area (Å²) in [6, 6.07) is 70.5. The van der Waals surface area contributed by atoms with Crippen molar-refractivity contribution in [2.75, 3.05) is 0 Å². The molecule has 1 saturated heterocycles. The maximum Gasteiger partial charge on any atom is 0.187 e. The van der Waals surface area contributed by atoms with Crippen molar-refractivity contribution in [2.24, 2.45) is 17.8 Å². The van der Waals surface area contributed by atoms with Gasteiger partial charge in [0, 0.05) is 17.8 Å². The van der Waals surface area contributed by atoms with Gasteiger partial charge in [0.2, 0.25) is 0 Å². The number of fused-ring (bicyclic) bond motifs is 1. The number of benzene rings is 7. The first-order chi connectivity index (χ1) is 36.1. The summed E-state index contributed by atoms with van der Waals surface area (Å²) in [5.41, 5.74) is 6.94. The van der Waals surface area contributed by atoms with Crippen molar-refractivity contribution in [1.82, 2.24) is 0 Å². The fourth-order valence-corrected chi connectivity index (χ4v) is 10.5. The highest BCUT2D eigenvalue weighted by atomic mass is 16.7. The van der Waals surface area contributed by atoms with Crippen LogP contribution in [0, 0.1) is 17.8 Å². The highest BCUT2D eigenvalue weighted by Gasteiger charge is 2.60. The predicted octanol–water partition coefficient (Wildman–Crippen LogP) is 11.8. The molecule has 0 unspecified atom stereocenters. The zero-order chi connectivity index (χ0) is 49.4. The van der Waals surface area contributed by atoms with E-state index >= 15 is 4.79 Å². The smallest absolute Gasteiger partial charge is 0.187 e. The molecule has 0 bridgehead atoms. The standard InChI is InChI=1S/C64H64O9/c65-56(53-37-22-38-54-55(53)58(67-40-47-25-10-2-11-26-47)60(68-41-48-27-12-3-13-28-48)57(54)66-39-46-23-8-1-9-24-46)59-61(69-42-49-29-14-4-15-30-49)62(70-43-50-31-16-5-17-32-50)63(71-44-51-33-18-6-19-34-51)64(73-59)72-45-52-35-20-7-21-36-52/h1-36,38,53-55,57-64H,37,39-45H2/t53-,54+,55+,57-,58-,59+,60-,61+,62-,63-,64-/m0/s1. The van der Waals surface area contributed by atoms with Crippen molar-refractivity contribution in [1.29, 1.82) is 0 Å². The van der Waals surface area contributed by atoms with Crippen LogP contribution in [0.1, 0.15) is 45.4 Å². The lowest BCUT2D eigenvalue weighted by Gasteiger charge is -2.47. The molecule has 0 N–H and O–H groups in total. The van der Waals surface area contributed by atoms with Gasteiger partial charge in [-0.1, -0.05) is 224 Å². The van der Waals surface area contributed by atoms with E-state index in [4.69, 9.17) is 37.9 Å². The van der Waals surface area contributed by atoms with Crippen LogP contribution in [-0.4, -0.2) is 54.8 Å². The number of carbonyl (C=O) groups is 1. The molecule has 7 aromatic rings. The molecule has 2 aliphatic carbocycles. The van der Waals surface area contributed by atoms with Gasteiger partial charge in [-0.2, -0.15) is 0 Å². The van der Waals surface area contributed by atoms with Crippen molar-refractivity contribution < 1.29 is 42.7 Å². The summed E-state index contributed by atoms with van der Waals surface area (Å²) < 4.78 is 56.1. The lowest BCUT2D eigenvalue weighted by Crippen LogP contribution is -2.63. The maximum absolute atomic E-state index is 16.3. The van der Waals surface area contributed by atoms with Gasteiger partial charge in [-0.05, 0) is 45.4 Å². The normalized spacial score (nSPS) is 25.5. The summed E-state index contributed by atoms with van der Waals surface area (Å²) in [5.74, 6) is -1.32. The first-order valence-electron chi connectivity index (χ1n) is 25.6. The second-order valence-corrected chi connectivity index (χ2v) is 19.1. The zero-order valence-corrected chi connectivity index (χ0v) is 41.0. The Morgan fingerprint density at radius 1 is 0.356 bits per heavy atom. The number of ketones is 1. The van der Waals surface area contributed by atoms with E-state index in [0.29, 0.717) is 26.2 Å². The molecule has 1 saturated carbocycles. The first-order valence-corrected chi connectivity index (χ1v) is 25.6. The van der Waals surface area contributed by atoms with E-state index in [2.05, 4.69) is 48.6 Å².